The molecule has 0 aliphatic carbocycles. The third-order valence-corrected chi connectivity index (χ3v) is 3.43. The molecular weight excluding hydrogens is 256 g/mol. The summed E-state index contributed by atoms with van der Waals surface area (Å²) < 4.78 is 0. The molecule has 1 aromatic rings. The normalized spacial score (nSPS) is 12.2. The fraction of sp³-hybridized carbons (Fsp3) is 0.417. The van der Waals surface area contributed by atoms with Crippen LogP contribution in [-0.4, -0.2) is 24.2 Å². The Balaban J connectivity index is 2.23. The molecule has 0 aliphatic rings. The van der Waals surface area contributed by atoms with E-state index < -0.39 is 0 Å². The molecule has 3 N–H and O–H groups in total. The Morgan fingerprint density at radius 3 is 2.71 bits per heavy atom. The Hall–Kier alpha value is -0.710. The zero-order chi connectivity index (χ0) is 12.7. The minimum absolute atomic E-state index is 0.0295. The lowest BCUT2D eigenvalue weighted by Gasteiger charge is -2.10. The molecule has 0 saturated heterocycles. The maximum atomic E-state index is 11.4. The topological polar surface area (TPSA) is 55.1 Å². The van der Waals surface area contributed by atoms with Crippen molar-refractivity contribution < 1.29 is 4.79 Å². The van der Waals surface area contributed by atoms with Crippen LogP contribution in [-0.2, 0) is 10.5 Å². The average molecular weight is 273 g/mol. The first-order chi connectivity index (χ1) is 8.11. The Labute approximate surface area is 111 Å². The number of hydrogen-bond donors (Lipinski definition) is 2. The van der Waals surface area contributed by atoms with Gasteiger partial charge < -0.3 is 11.1 Å². The van der Waals surface area contributed by atoms with Crippen LogP contribution in [0.1, 0.15) is 12.5 Å². The van der Waals surface area contributed by atoms with Gasteiger partial charge in [0.2, 0.25) is 5.91 Å². The molecule has 1 atom stereocenters. The number of nitrogens with two attached hydrogens (primary N) is 1. The quantitative estimate of drug-likeness (QED) is 0.833. The summed E-state index contributed by atoms with van der Waals surface area (Å²) in [5, 5.41) is 3.55. The van der Waals surface area contributed by atoms with Gasteiger partial charge in [0.1, 0.15) is 0 Å². The van der Waals surface area contributed by atoms with Gasteiger partial charge in [-0.3, -0.25) is 4.79 Å². The molecule has 94 valence electrons. The first kappa shape index (κ1) is 14.4. The number of carbonyl (C=O) groups excluding carboxylic acids is 1. The third-order valence-electron chi connectivity index (χ3n) is 2.18. The first-order valence-corrected chi connectivity index (χ1v) is 6.96. The second kappa shape index (κ2) is 7.58. The SMILES string of the molecule is C[C@@H](CN)NC(=O)CSCc1ccc(Cl)cc1. The van der Waals surface area contributed by atoms with Crippen LogP contribution in [0.3, 0.4) is 0 Å². The van der Waals surface area contributed by atoms with E-state index in [0.29, 0.717) is 12.3 Å². The van der Waals surface area contributed by atoms with E-state index in [1.165, 1.54) is 5.56 Å². The highest BCUT2D eigenvalue weighted by atomic mass is 35.5. The van der Waals surface area contributed by atoms with E-state index in [0.717, 1.165) is 10.8 Å². The second-order valence-electron chi connectivity index (χ2n) is 3.82. The van der Waals surface area contributed by atoms with Crippen LogP contribution in [0.4, 0.5) is 0 Å². The van der Waals surface area contributed by atoms with E-state index in [1.807, 2.05) is 31.2 Å². The van der Waals surface area contributed by atoms with Crippen LogP contribution < -0.4 is 11.1 Å². The molecule has 1 rings (SSSR count). The minimum Gasteiger partial charge on any atom is -0.352 e. The van der Waals surface area contributed by atoms with Crippen LogP contribution >= 0.6 is 23.4 Å². The van der Waals surface area contributed by atoms with Crippen molar-refractivity contribution >= 4 is 29.3 Å². The van der Waals surface area contributed by atoms with Crippen LogP contribution in [0.5, 0.6) is 0 Å². The van der Waals surface area contributed by atoms with Gasteiger partial charge in [-0.15, -0.1) is 11.8 Å². The number of carbonyl (C=O) groups is 1. The molecule has 0 aromatic heterocycles. The summed E-state index contributed by atoms with van der Waals surface area (Å²) in [5.41, 5.74) is 6.59. The molecule has 0 fully saturated rings. The summed E-state index contributed by atoms with van der Waals surface area (Å²) in [4.78, 5) is 11.4. The molecule has 1 amide bonds. The van der Waals surface area contributed by atoms with Crippen molar-refractivity contribution in [3.05, 3.63) is 34.9 Å². The van der Waals surface area contributed by atoms with Gasteiger partial charge in [0.25, 0.3) is 0 Å². The predicted octanol–water partition coefficient (Wildman–Crippen LogP) is 2.04. The smallest absolute Gasteiger partial charge is 0.230 e. The fourth-order valence-electron chi connectivity index (χ4n) is 1.22. The maximum absolute atomic E-state index is 11.4. The van der Waals surface area contributed by atoms with Crippen molar-refractivity contribution in [2.24, 2.45) is 5.73 Å². The van der Waals surface area contributed by atoms with E-state index in [9.17, 15) is 4.79 Å². The second-order valence-corrected chi connectivity index (χ2v) is 5.25. The Morgan fingerprint density at radius 1 is 1.47 bits per heavy atom. The standard InChI is InChI=1S/C12H17ClN2OS/c1-9(6-14)15-12(16)8-17-7-10-2-4-11(13)5-3-10/h2-5,9H,6-8,14H2,1H3,(H,15,16)/t9-/m0/s1. The van der Waals surface area contributed by atoms with E-state index in [4.69, 9.17) is 17.3 Å². The number of amides is 1. The van der Waals surface area contributed by atoms with Gasteiger partial charge in [-0.05, 0) is 24.6 Å². The van der Waals surface area contributed by atoms with Crippen LogP contribution in [0.2, 0.25) is 5.02 Å². The number of nitrogens with one attached hydrogen (secondary N) is 1. The first-order valence-electron chi connectivity index (χ1n) is 5.43. The molecule has 0 aliphatic heterocycles. The Morgan fingerprint density at radius 2 is 2.12 bits per heavy atom. The molecule has 0 bridgehead atoms. The Bertz CT molecular complexity index is 356. The summed E-state index contributed by atoms with van der Waals surface area (Å²) in [6.45, 7) is 2.36. The van der Waals surface area contributed by atoms with Gasteiger partial charge in [0, 0.05) is 23.4 Å². The molecule has 1 aromatic carbocycles. The van der Waals surface area contributed by atoms with E-state index in [1.54, 1.807) is 11.8 Å². The van der Waals surface area contributed by atoms with Crippen molar-refractivity contribution in [2.45, 2.75) is 18.7 Å². The largest absolute Gasteiger partial charge is 0.352 e. The highest BCUT2D eigenvalue weighted by Gasteiger charge is 2.05. The predicted molar refractivity (Wildman–Crippen MR) is 74.3 cm³/mol. The zero-order valence-corrected chi connectivity index (χ0v) is 11.4. The summed E-state index contributed by atoms with van der Waals surface area (Å²) >= 11 is 7.36. The zero-order valence-electron chi connectivity index (χ0n) is 9.78. The number of hydrogen-bond acceptors (Lipinski definition) is 3. The van der Waals surface area contributed by atoms with E-state index in [2.05, 4.69) is 5.32 Å². The molecular formula is C12H17ClN2OS. The van der Waals surface area contributed by atoms with Crippen molar-refractivity contribution in [1.29, 1.82) is 0 Å². The highest BCUT2D eigenvalue weighted by molar-refractivity contribution is 7.99. The summed E-state index contributed by atoms with van der Waals surface area (Å²) in [6, 6.07) is 7.69. The molecule has 5 heteroatoms. The van der Waals surface area contributed by atoms with Gasteiger partial charge in [-0.2, -0.15) is 0 Å². The third kappa shape index (κ3) is 5.96. The van der Waals surface area contributed by atoms with Gasteiger partial charge in [-0.25, -0.2) is 0 Å². The molecule has 0 heterocycles. The molecule has 0 radical (unpaired) electrons. The van der Waals surface area contributed by atoms with Crippen LogP contribution in [0, 0.1) is 0 Å². The summed E-state index contributed by atoms with van der Waals surface area (Å²) in [5.74, 6) is 1.29. The maximum Gasteiger partial charge on any atom is 0.230 e. The minimum atomic E-state index is 0.0295. The molecule has 0 saturated carbocycles. The number of rotatable bonds is 6. The van der Waals surface area contributed by atoms with Crippen molar-refractivity contribution in [3.8, 4) is 0 Å². The van der Waals surface area contributed by atoms with Crippen molar-refractivity contribution in [2.75, 3.05) is 12.3 Å². The summed E-state index contributed by atoms with van der Waals surface area (Å²) in [7, 11) is 0. The fourth-order valence-corrected chi connectivity index (χ4v) is 2.14. The molecule has 3 nitrogen and oxygen atoms in total. The van der Waals surface area contributed by atoms with E-state index >= 15 is 0 Å². The lowest BCUT2D eigenvalue weighted by Crippen LogP contribution is -2.38. The summed E-state index contributed by atoms with van der Waals surface area (Å²) in [6.07, 6.45) is 0. The van der Waals surface area contributed by atoms with E-state index in [-0.39, 0.29) is 11.9 Å². The van der Waals surface area contributed by atoms with Crippen LogP contribution in [0.15, 0.2) is 24.3 Å². The highest BCUT2D eigenvalue weighted by Crippen LogP contribution is 2.15. The van der Waals surface area contributed by atoms with Crippen molar-refractivity contribution in [1.82, 2.24) is 5.32 Å². The Kier molecular flexibility index (Phi) is 6.40. The molecule has 17 heavy (non-hydrogen) atoms. The lowest BCUT2D eigenvalue weighted by molar-refractivity contribution is -0.119. The van der Waals surface area contributed by atoms with Gasteiger partial charge in [0.05, 0.1) is 5.75 Å². The monoisotopic (exact) mass is 272 g/mol. The number of thioether (sulfide) groups is 1. The number of benzene rings is 1. The van der Waals surface area contributed by atoms with Gasteiger partial charge in [-0.1, -0.05) is 23.7 Å². The van der Waals surface area contributed by atoms with Gasteiger partial charge >= 0.3 is 0 Å². The number of halogens is 1. The molecule has 0 spiro atoms. The van der Waals surface area contributed by atoms with Gasteiger partial charge in [0.15, 0.2) is 0 Å². The van der Waals surface area contributed by atoms with Crippen LogP contribution in [0.25, 0.3) is 0 Å². The van der Waals surface area contributed by atoms with Crippen molar-refractivity contribution in [3.63, 3.8) is 0 Å². The lowest BCUT2D eigenvalue weighted by atomic mass is 10.2. The average Bonchev–Trinajstić information content (AvgIpc) is 2.31. The molecule has 0 unspecified atom stereocenters.